The third kappa shape index (κ3) is 5.03. The Morgan fingerprint density at radius 2 is 2.03 bits per heavy atom. The molecule has 3 aromatic rings. The lowest BCUT2D eigenvalue weighted by Crippen LogP contribution is -2.33. The van der Waals surface area contributed by atoms with Gasteiger partial charge in [-0.2, -0.15) is 8.42 Å². The third-order valence-corrected chi connectivity index (χ3v) is 6.52. The zero-order valence-corrected chi connectivity index (χ0v) is 19.3. The zero-order valence-electron chi connectivity index (χ0n) is 18.4. The molecule has 0 unspecified atom stereocenters. The Hall–Kier alpha value is -3.34. The van der Waals surface area contributed by atoms with Crippen molar-refractivity contribution in [3.8, 4) is 17.0 Å². The van der Waals surface area contributed by atoms with E-state index >= 15 is 0 Å². The molecule has 0 aliphatic heterocycles. The summed E-state index contributed by atoms with van der Waals surface area (Å²) in [5.74, 6) is -1.01. The summed E-state index contributed by atoms with van der Waals surface area (Å²) in [6, 6.07) is 6.14. The van der Waals surface area contributed by atoms with E-state index in [0.717, 1.165) is 12.8 Å². The number of aromatic nitrogens is 4. The molecule has 9 nitrogen and oxygen atoms in total. The molecule has 33 heavy (non-hydrogen) atoms. The van der Waals surface area contributed by atoms with E-state index in [2.05, 4.69) is 15.1 Å². The molecule has 0 spiro atoms. The highest BCUT2D eigenvalue weighted by Gasteiger charge is 2.29. The number of amides is 1. The largest absolute Gasteiger partial charge is 0.481 e. The molecule has 1 N–H and O–H groups in total. The van der Waals surface area contributed by atoms with Crippen LogP contribution in [0.25, 0.3) is 11.1 Å². The van der Waals surface area contributed by atoms with Gasteiger partial charge >= 0.3 is 10.0 Å². The fraction of sp³-hybridized carbons (Fsp3) is 0.364. The maximum absolute atomic E-state index is 14.5. The summed E-state index contributed by atoms with van der Waals surface area (Å²) in [6.45, 7) is 3.75. The summed E-state index contributed by atoms with van der Waals surface area (Å²) >= 11 is 0. The number of rotatable bonds is 8. The predicted octanol–water partition coefficient (Wildman–Crippen LogP) is 2.99. The van der Waals surface area contributed by atoms with Gasteiger partial charge < -0.3 is 4.74 Å². The van der Waals surface area contributed by atoms with E-state index in [9.17, 15) is 17.6 Å². The number of pyridine rings is 1. The van der Waals surface area contributed by atoms with Crippen molar-refractivity contribution in [3.05, 3.63) is 53.7 Å². The molecule has 4 rings (SSSR count). The van der Waals surface area contributed by atoms with E-state index in [1.807, 2.05) is 18.6 Å². The first kappa shape index (κ1) is 22.8. The summed E-state index contributed by atoms with van der Waals surface area (Å²) in [6.07, 6.45) is 4.42. The first-order valence-electron chi connectivity index (χ1n) is 10.5. The quantitative estimate of drug-likeness (QED) is 0.535. The number of carbonyl (C=O) groups is 1. The minimum Gasteiger partial charge on any atom is -0.481 e. The van der Waals surface area contributed by atoms with E-state index in [1.165, 1.54) is 36.4 Å². The van der Waals surface area contributed by atoms with Crippen molar-refractivity contribution in [2.75, 3.05) is 7.11 Å². The smallest absolute Gasteiger partial charge is 0.301 e. The number of methoxy groups -OCH3 is 1. The highest BCUT2D eigenvalue weighted by Crippen LogP contribution is 2.34. The van der Waals surface area contributed by atoms with Gasteiger partial charge in [-0.1, -0.05) is 13.8 Å². The first-order chi connectivity index (χ1) is 15.7. The van der Waals surface area contributed by atoms with Crippen molar-refractivity contribution >= 4 is 15.9 Å². The lowest BCUT2D eigenvalue weighted by atomic mass is 9.88. The van der Waals surface area contributed by atoms with Crippen LogP contribution in [0.1, 0.15) is 49.8 Å². The van der Waals surface area contributed by atoms with Crippen molar-refractivity contribution in [2.24, 2.45) is 0 Å². The Labute approximate surface area is 191 Å². The molecule has 1 aliphatic rings. The predicted molar refractivity (Wildman–Crippen MR) is 118 cm³/mol. The maximum Gasteiger partial charge on any atom is 0.301 e. The summed E-state index contributed by atoms with van der Waals surface area (Å²) in [5.41, 5.74) is 2.18. The average molecular weight is 474 g/mol. The second-order valence-electron chi connectivity index (χ2n) is 8.21. The Morgan fingerprint density at radius 3 is 2.70 bits per heavy atom. The average Bonchev–Trinajstić information content (AvgIpc) is 3.49. The summed E-state index contributed by atoms with van der Waals surface area (Å²) in [7, 11) is -2.77. The van der Waals surface area contributed by atoms with Crippen LogP contribution in [0.2, 0.25) is 0 Å². The van der Waals surface area contributed by atoms with Gasteiger partial charge in [0.05, 0.1) is 19.6 Å². The number of ether oxygens (including phenoxy) is 1. The molecule has 1 fully saturated rings. The van der Waals surface area contributed by atoms with E-state index in [0.29, 0.717) is 28.1 Å². The number of halogens is 1. The van der Waals surface area contributed by atoms with Crippen molar-refractivity contribution in [2.45, 2.75) is 50.2 Å². The van der Waals surface area contributed by atoms with E-state index in [-0.39, 0.29) is 18.4 Å². The molecule has 2 heterocycles. The number of nitrogens with one attached hydrogen (secondary N) is 1. The second kappa shape index (κ2) is 8.89. The molecule has 1 aromatic carbocycles. The number of nitrogens with zero attached hydrogens (tertiary/aromatic N) is 4. The van der Waals surface area contributed by atoms with Crippen molar-refractivity contribution in [1.82, 2.24) is 24.5 Å². The molecule has 0 bridgehead atoms. The Morgan fingerprint density at radius 1 is 1.27 bits per heavy atom. The highest BCUT2D eigenvalue weighted by molar-refractivity contribution is 7.89. The lowest BCUT2D eigenvalue weighted by molar-refractivity contribution is -0.118. The van der Waals surface area contributed by atoms with E-state index in [4.69, 9.17) is 4.74 Å². The normalized spacial score (nSPS) is 13.8. The molecule has 0 saturated heterocycles. The summed E-state index contributed by atoms with van der Waals surface area (Å²) in [5, 5.41) is 3.52. The maximum atomic E-state index is 14.5. The fourth-order valence-electron chi connectivity index (χ4n) is 3.61. The molecule has 1 aliphatic carbocycles. The Balaban J connectivity index is 1.66. The van der Waals surface area contributed by atoms with Gasteiger partial charge in [0.25, 0.3) is 5.16 Å². The van der Waals surface area contributed by atoms with E-state index in [1.54, 1.807) is 12.1 Å². The minimum atomic E-state index is -4.24. The number of hydrogen-bond donors (Lipinski definition) is 1. The molecule has 1 saturated carbocycles. The third-order valence-electron chi connectivity index (χ3n) is 5.36. The first-order valence-corrected chi connectivity index (χ1v) is 12.0. The Bertz CT molecular complexity index is 1300. The van der Waals surface area contributed by atoms with Crippen LogP contribution in [0.15, 0.2) is 41.9 Å². The van der Waals surface area contributed by atoms with Gasteiger partial charge in [0, 0.05) is 12.3 Å². The van der Waals surface area contributed by atoms with Crippen LogP contribution < -0.4 is 9.46 Å². The molecule has 0 radical (unpaired) electrons. The topological polar surface area (TPSA) is 116 Å². The number of hydrogen-bond acceptors (Lipinski definition) is 7. The van der Waals surface area contributed by atoms with Crippen LogP contribution in [0.5, 0.6) is 5.88 Å². The molecule has 2 aromatic heterocycles. The highest BCUT2D eigenvalue weighted by atomic mass is 32.2. The minimum absolute atomic E-state index is 0.113. The lowest BCUT2D eigenvalue weighted by Gasteiger charge is -2.18. The van der Waals surface area contributed by atoms with Crippen LogP contribution >= 0.6 is 0 Å². The van der Waals surface area contributed by atoms with Gasteiger partial charge in [-0.15, -0.1) is 5.10 Å². The van der Waals surface area contributed by atoms with Gasteiger partial charge in [0.1, 0.15) is 12.1 Å². The van der Waals surface area contributed by atoms with Gasteiger partial charge in [0.2, 0.25) is 11.8 Å². The zero-order chi connectivity index (χ0) is 23.8. The molecule has 0 atom stereocenters. The van der Waals surface area contributed by atoms with Crippen LogP contribution in [0, 0.1) is 5.82 Å². The number of sulfonamides is 1. The molecule has 174 valence electrons. The summed E-state index contributed by atoms with van der Waals surface area (Å²) < 4.78 is 48.5. The second-order valence-corrected chi connectivity index (χ2v) is 9.78. The van der Waals surface area contributed by atoms with Gasteiger partial charge in [-0.05, 0) is 59.2 Å². The van der Waals surface area contributed by atoms with Crippen LogP contribution in [-0.4, -0.2) is 41.2 Å². The van der Waals surface area contributed by atoms with Crippen LogP contribution in [0.3, 0.4) is 0 Å². The standard InChI is InChI=1S/C22H24FN5O4S/c1-13(2)17-9-15(23)10-18(14-6-7-24-21(8-14)32-3)19(17)11-20(29)27-33(30,31)22-25-12-28(26-22)16-4-5-16/h6-10,12-13,16H,4-5,11H2,1-3H3,(H,27,29). The monoisotopic (exact) mass is 473 g/mol. The van der Waals surface area contributed by atoms with Crippen LogP contribution in [0.4, 0.5) is 4.39 Å². The SMILES string of the molecule is COc1cc(-c2cc(F)cc(C(C)C)c2CC(=O)NS(=O)(=O)c2ncn(C3CC3)n2)ccn1. The van der Waals surface area contributed by atoms with Gasteiger partial charge in [-0.3, -0.25) is 4.79 Å². The van der Waals surface area contributed by atoms with E-state index < -0.39 is 26.9 Å². The van der Waals surface area contributed by atoms with Crippen LogP contribution in [-0.2, 0) is 21.2 Å². The van der Waals surface area contributed by atoms with Gasteiger partial charge in [-0.25, -0.2) is 23.8 Å². The Kier molecular flexibility index (Phi) is 6.15. The molecular formula is C22H24FN5O4S. The van der Waals surface area contributed by atoms with Crippen molar-refractivity contribution in [3.63, 3.8) is 0 Å². The van der Waals surface area contributed by atoms with Crippen molar-refractivity contribution < 1.29 is 22.3 Å². The molecular weight excluding hydrogens is 449 g/mol. The number of carbonyl (C=O) groups excluding carboxylic acids is 1. The number of benzene rings is 1. The fourth-order valence-corrected chi connectivity index (χ4v) is 4.46. The molecule has 1 amide bonds. The van der Waals surface area contributed by atoms with Gasteiger partial charge in [0.15, 0.2) is 0 Å². The summed E-state index contributed by atoms with van der Waals surface area (Å²) in [4.78, 5) is 20.7. The molecule has 11 heteroatoms. The van der Waals surface area contributed by atoms with Crippen molar-refractivity contribution in [1.29, 1.82) is 0 Å².